The third-order valence-electron chi connectivity index (χ3n) is 4.83. The van der Waals surface area contributed by atoms with E-state index in [0.717, 1.165) is 11.3 Å². The number of esters is 1. The Morgan fingerprint density at radius 2 is 2.06 bits per heavy atom. The number of carbonyl (C=O) groups excluding carboxylic acids is 2. The van der Waals surface area contributed by atoms with Gasteiger partial charge >= 0.3 is 5.97 Å². The molecule has 0 fully saturated rings. The summed E-state index contributed by atoms with van der Waals surface area (Å²) in [6.45, 7) is 4.24. The lowest BCUT2D eigenvalue weighted by Crippen LogP contribution is -2.24. The maximum Gasteiger partial charge on any atom is 0.343 e. The molecule has 9 nitrogen and oxygen atoms in total. The van der Waals surface area contributed by atoms with Gasteiger partial charge in [0.25, 0.3) is 0 Å². The minimum atomic E-state index is -0.472. The molecule has 4 aromatic rings. The van der Waals surface area contributed by atoms with Gasteiger partial charge in [0, 0.05) is 23.6 Å². The molecular weight excluding hydrogens is 432 g/mol. The number of benzene rings is 1. The maximum absolute atomic E-state index is 12.7. The lowest BCUT2D eigenvalue weighted by molar-refractivity contribution is -0.119. The van der Waals surface area contributed by atoms with Crippen molar-refractivity contribution >= 4 is 34.8 Å². The smallest absolute Gasteiger partial charge is 0.343 e. The number of aromatic nitrogens is 5. The Morgan fingerprint density at radius 3 is 2.81 bits per heavy atom. The zero-order chi connectivity index (χ0) is 22.7. The van der Waals surface area contributed by atoms with Crippen molar-refractivity contribution in [3.8, 4) is 11.3 Å². The molecule has 1 unspecified atom stereocenters. The first-order chi connectivity index (χ1) is 15.5. The fourth-order valence-corrected chi connectivity index (χ4v) is 3.44. The number of nitrogens with zero attached hydrogens (tertiary/aromatic N) is 5. The predicted molar refractivity (Wildman–Crippen MR) is 119 cm³/mol. The molecule has 0 bridgehead atoms. The standard InChI is InChI=1S/C22H21ClN6O3/c1-3-32-22(31)18-11-26-29-19(7-8-24-20(18)29)15-5-4-6-17(9-15)27-21(30)14(2)12-28-13-16(23)10-25-28/h4-11,13-14H,3,12H2,1-2H3,(H,27,30). The summed E-state index contributed by atoms with van der Waals surface area (Å²) in [5, 5.41) is 11.9. The molecule has 1 N–H and O–H groups in total. The number of hydrogen-bond donors (Lipinski definition) is 1. The predicted octanol–water partition coefficient (Wildman–Crippen LogP) is 3.70. The molecule has 3 heterocycles. The lowest BCUT2D eigenvalue weighted by Gasteiger charge is -2.13. The van der Waals surface area contributed by atoms with Crippen molar-refractivity contribution < 1.29 is 14.3 Å². The number of ether oxygens (including phenoxy) is 1. The van der Waals surface area contributed by atoms with Gasteiger partial charge in [-0.2, -0.15) is 10.2 Å². The first kappa shape index (κ1) is 21.5. The maximum atomic E-state index is 12.7. The molecule has 1 atom stereocenters. The third-order valence-corrected chi connectivity index (χ3v) is 5.03. The summed E-state index contributed by atoms with van der Waals surface area (Å²) in [4.78, 5) is 29.1. The van der Waals surface area contributed by atoms with Gasteiger partial charge in [-0.3, -0.25) is 9.48 Å². The van der Waals surface area contributed by atoms with Crippen LogP contribution in [0.15, 0.2) is 55.1 Å². The molecule has 3 aromatic heterocycles. The highest BCUT2D eigenvalue weighted by Gasteiger charge is 2.18. The van der Waals surface area contributed by atoms with E-state index < -0.39 is 5.97 Å². The summed E-state index contributed by atoms with van der Waals surface area (Å²) < 4.78 is 8.29. The Kier molecular flexibility index (Phi) is 6.18. The van der Waals surface area contributed by atoms with Crippen LogP contribution in [-0.2, 0) is 16.1 Å². The van der Waals surface area contributed by atoms with Crippen LogP contribution < -0.4 is 5.32 Å². The first-order valence-electron chi connectivity index (χ1n) is 10.1. The minimum Gasteiger partial charge on any atom is -0.462 e. The average Bonchev–Trinajstić information content (AvgIpc) is 3.40. The SMILES string of the molecule is CCOC(=O)c1cnn2c(-c3cccc(NC(=O)C(C)Cn4cc(Cl)cn4)c3)ccnc12. The van der Waals surface area contributed by atoms with Crippen LogP contribution in [0.5, 0.6) is 0 Å². The summed E-state index contributed by atoms with van der Waals surface area (Å²) >= 11 is 5.88. The van der Waals surface area contributed by atoms with E-state index in [1.807, 2.05) is 31.2 Å². The van der Waals surface area contributed by atoms with Crippen LogP contribution in [0.1, 0.15) is 24.2 Å². The molecule has 0 spiro atoms. The number of hydrogen-bond acceptors (Lipinski definition) is 6. The fourth-order valence-electron chi connectivity index (χ4n) is 3.29. The van der Waals surface area contributed by atoms with E-state index in [1.54, 1.807) is 34.6 Å². The third kappa shape index (κ3) is 4.47. The van der Waals surface area contributed by atoms with Crippen LogP contribution in [0, 0.1) is 5.92 Å². The van der Waals surface area contributed by atoms with Crippen molar-refractivity contribution in [3.63, 3.8) is 0 Å². The largest absolute Gasteiger partial charge is 0.462 e. The van der Waals surface area contributed by atoms with Crippen molar-refractivity contribution in [1.82, 2.24) is 24.4 Å². The van der Waals surface area contributed by atoms with Gasteiger partial charge in [0.2, 0.25) is 5.91 Å². The Bertz CT molecular complexity index is 1280. The van der Waals surface area contributed by atoms with Gasteiger partial charge < -0.3 is 10.1 Å². The fraction of sp³-hybridized carbons (Fsp3) is 0.227. The average molecular weight is 453 g/mol. The monoisotopic (exact) mass is 452 g/mol. The van der Waals surface area contributed by atoms with Crippen LogP contribution in [0.25, 0.3) is 16.9 Å². The van der Waals surface area contributed by atoms with Gasteiger partial charge in [-0.05, 0) is 25.1 Å². The quantitative estimate of drug-likeness (QED) is 0.429. The Labute approximate surface area is 189 Å². The highest BCUT2D eigenvalue weighted by atomic mass is 35.5. The minimum absolute atomic E-state index is 0.141. The van der Waals surface area contributed by atoms with E-state index in [0.29, 0.717) is 28.5 Å². The summed E-state index contributed by atoms with van der Waals surface area (Å²) in [7, 11) is 0. The molecule has 0 radical (unpaired) electrons. The normalized spacial score (nSPS) is 12.0. The van der Waals surface area contributed by atoms with E-state index >= 15 is 0 Å². The molecule has 32 heavy (non-hydrogen) atoms. The molecule has 4 rings (SSSR count). The van der Waals surface area contributed by atoms with Crippen LogP contribution in [0.3, 0.4) is 0 Å². The van der Waals surface area contributed by atoms with Crippen molar-refractivity contribution in [1.29, 1.82) is 0 Å². The molecule has 164 valence electrons. The molecular formula is C22H21ClN6O3. The van der Waals surface area contributed by atoms with E-state index in [9.17, 15) is 9.59 Å². The first-order valence-corrected chi connectivity index (χ1v) is 10.4. The Balaban J connectivity index is 1.56. The molecule has 0 aliphatic carbocycles. The number of halogens is 1. The molecule has 0 aliphatic rings. The van der Waals surface area contributed by atoms with Crippen molar-refractivity contribution in [2.45, 2.75) is 20.4 Å². The van der Waals surface area contributed by atoms with Crippen molar-refractivity contribution in [2.24, 2.45) is 5.92 Å². The number of fused-ring (bicyclic) bond motifs is 1. The topological polar surface area (TPSA) is 103 Å². The zero-order valence-electron chi connectivity index (χ0n) is 17.5. The van der Waals surface area contributed by atoms with Gasteiger partial charge in [0.15, 0.2) is 5.65 Å². The summed E-state index contributed by atoms with van der Waals surface area (Å²) in [6.07, 6.45) is 6.26. The number of amides is 1. The summed E-state index contributed by atoms with van der Waals surface area (Å²) in [5.41, 5.74) is 2.87. The van der Waals surface area contributed by atoms with Gasteiger partial charge in [-0.1, -0.05) is 30.7 Å². The highest BCUT2D eigenvalue weighted by Crippen LogP contribution is 2.24. The van der Waals surface area contributed by atoms with Gasteiger partial charge in [-0.25, -0.2) is 14.3 Å². The number of nitrogens with one attached hydrogen (secondary N) is 1. The Hall–Kier alpha value is -3.72. The Morgan fingerprint density at radius 1 is 1.22 bits per heavy atom. The van der Waals surface area contributed by atoms with Crippen molar-refractivity contribution in [2.75, 3.05) is 11.9 Å². The van der Waals surface area contributed by atoms with E-state index in [2.05, 4.69) is 20.5 Å². The van der Waals surface area contributed by atoms with Crippen molar-refractivity contribution in [3.05, 3.63) is 65.7 Å². The summed E-state index contributed by atoms with van der Waals surface area (Å²) in [5.74, 6) is -0.932. The number of anilines is 1. The molecule has 10 heteroatoms. The van der Waals surface area contributed by atoms with Crippen LogP contribution in [-0.4, -0.2) is 42.9 Å². The van der Waals surface area contributed by atoms with E-state index in [1.165, 1.54) is 12.4 Å². The summed E-state index contributed by atoms with van der Waals surface area (Å²) in [6, 6.07) is 9.18. The van der Waals surface area contributed by atoms with Gasteiger partial charge in [-0.15, -0.1) is 0 Å². The van der Waals surface area contributed by atoms with E-state index in [-0.39, 0.29) is 18.4 Å². The lowest BCUT2D eigenvalue weighted by atomic mass is 10.1. The molecule has 0 saturated carbocycles. The number of carbonyl (C=O) groups is 2. The van der Waals surface area contributed by atoms with Crippen LogP contribution in [0.4, 0.5) is 5.69 Å². The second-order valence-corrected chi connectivity index (χ2v) is 7.63. The van der Waals surface area contributed by atoms with Crippen LogP contribution in [0.2, 0.25) is 5.02 Å². The van der Waals surface area contributed by atoms with Crippen LogP contribution >= 0.6 is 11.6 Å². The second kappa shape index (κ2) is 9.19. The van der Waals surface area contributed by atoms with Gasteiger partial charge in [0.05, 0.1) is 42.2 Å². The molecule has 0 aliphatic heterocycles. The zero-order valence-corrected chi connectivity index (χ0v) is 18.3. The second-order valence-electron chi connectivity index (χ2n) is 7.20. The van der Waals surface area contributed by atoms with E-state index in [4.69, 9.17) is 16.3 Å². The number of rotatable bonds is 7. The molecule has 1 aromatic carbocycles. The molecule has 1 amide bonds. The molecule has 0 saturated heterocycles. The van der Waals surface area contributed by atoms with Gasteiger partial charge in [0.1, 0.15) is 5.56 Å². The highest BCUT2D eigenvalue weighted by molar-refractivity contribution is 6.30.